The summed E-state index contributed by atoms with van der Waals surface area (Å²) in [5.41, 5.74) is 1.14. The molecule has 4 aromatic rings. The minimum Gasteiger partial charge on any atom is -0.507 e. The number of aromatic hydroxyl groups is 1. The molecule has 0 unspecified atom stereocenters. The van der Waals surface area contributed by atoms with Crippen LogP contribution in [0.1, 0.15) is 15.9 Å². The van der Waals surface area contributed by atoms with Crippen molar-refractivity contribution in [1.29, 1.82) is 0 Å². The Kier molecular flexibility index (Phi) is 3.09. The van der Waals surface area contributed by atoms with Crippen molar-refractivity contribution >= 4 is 27.3 Å². The lowest BCUT2D eigenvalue weighted by Gasteiger charge is -2.10. The Morgan fingerprint density at radius 3 is 2.26 bits per heavy atom. The van der Waals surface area contributed by atoms with E-state index in [0.717, 1.165) is 16.2 Å². The number of carbonyl (C=O) groups is 1. The molecule has 0 aromatic heterocycles. The van der Waals surface area contributed by atoms with Gasteiger partial charge in [0.25, 0.3) is 0 Å². The number of carbonyl (C=O) groups excluding carboxylic acids is 1. The van der Waals surface area contributed by atoms with Crippen LogP contribution in [0.5, 0.6) is 5.75 Å². The molecule has 23 heavy (non-hydrogen) atoms. The maximum absolute atomic E-state index is 12.8. The van der Waals surface area contributed by atoms with E-state index >= 15 is 0 Å². The number of benzene rings is 4. The molecule has 2 heteroatoms. The van der Waals surface area contributed by atoms with Crippen molar-refractivity contribution in [2.45, 2.75) is 0 Å². The Hall–Kier alpha value is -3.13. The molecule has 0 bridgehead atoms. The van der Waals surface area contributed by atoms with Crippen molar-refractivity contribution in [3.63, 3.8) is 0 Å². The Labute approximate surface area is 133 Å². The van der Waals surface area contributed by atoms with E-state index in [9.17, 15) is 9.90 Å². The van der Waals surface area contributed by atoms with Gasteiger partial charge in [-0.3, -0.25) is 4.79 Å². The molecule has 0 amide bonds. The van der Waals surface area contributed by atoms with Crippen LogP contribution in [-0.4, -0.2) is 10.9 Å². The van der Waals surface area contributed by atoms with Crippen LogP contribution in [0.2, 0.25) is 0 Å². The average molecular weight is 298 g/mol. The Bertz CT molecular complexity index is 1030. The Balaban J connectivity index is 2.05. The molecule has 0 spiro atoms. The van der Waals surface area contributed by atoms with Crippen LogP contribution in [0.3, 0.4) is 0 Å². The molecule has 0 saturated heterocycles. The van der Waals surface area contributed by atoms with E-state index in [4.69, 9.17) is 0 Å². The lowest BCUT2D eigenvalue weighted by atomic mass is 9.94. The third-order valence-corrected chi connectivity index (χ3v) is 4.14. The highest BCUT2D eigenvalue weighted by Crippen LogP contribution is 2.36. The standard InChI is InChI=1S/C21H14O2/c22-20(14-7-2-1-3-8-14)18-12-6-10-16-13-15-9-4-5-11-17(15)21(23)19(16)18/h1-13,23H. The predicted octanol–water partition coefficient (Wildman–Crippen LogP) is 4.93. The number of fused-ring (bicyclic) bond motifs is 2. The number of hydrogen-bond acceptors (Lipinski definition) is 2. The molecule has 0 fully saturated rings. The first-order valence-corrected chi connectivity index (χ1v) is 7.49. The summed E-state index contributed by atoms with van der Waals surface area (Å²) in [6, 6.07) is 24.3. The van der Waals surface area contributed by atoms with Crippen molar-refractivity contribution in [3.8, 4) is 5.75 Å². The first-order valence-electron chi connectivity index (χ1n) is 7.49. The molecule has 110 valence electrons. The minimum absolute atomic E-state index is 0.0817. The second-order valence-electron chi connectivity index (χ2n) is 5.55. The van der Waals surface area contributed by atoms with E-state index in [1.807, 2.05) is 60.7 Å². The van der Waals surface area contributed by atoms with Gasteiger partial charge in [0.15, 0.2) is 5.78 Å². The molecule has 4 rings (SSSR count). The highest BCUT2D eigenvalue weighted by atomic mass is 16.3. The number of hydrogen-bond donors (Lipinski definition) is 1. The van der Waals surface area contributed by atoms with E-state index in [0.29, 0.717) is 16.5 Å². The van der Waals surface area contributed by atoms with E-state index in [1.54, 1.807) is 18.2 Å². The normalized spacial score (nSPS) is 11.0. The largest absolute Gasteiger partial charge is 0.507 e. The first-order chi connectivity index (χ1) is 11.3. The summed E-state index contributed by atoms with van der Waals surface area (Å²) < 4.78 is 0. The summed E-state index contributed by atoms with van der Waals surface area (Å²) in [4.78, 5) is 12.8. The molecule has 0 aliphatic rings. The Morgan fingerprint density at radius 2 is 1.43 bits per heavy atom. The van der Waals surface area contributed by atoms with Gasteiger partial charge in [0.05, 0.1) is 0 Å². The average Bonchev–Trinajstić information content (AvgIpc) is 2.61. The van der Waals surface area contributed by atoms with E-state index in [1.165, 1.54) is 0 Å². The van der Waals surface area contributed by atoms with Crippen molar-refractivity contribution in [1.82, 2.24) is 0 Å². The Morgan fingerprint density at radius 1 is 0.739 bits per heavy atom. The minimum atomic E-state index is -0.0817. The molecule has 0 radical (unpaired) electrons. The summed E-state index contributed by atoms with van der Waals surface area (Å²) in [7, 11) is 0. The second-order valence-corrected chi connectivity index (χ2v) is 5.55. The molecule has 4 aromatic carbocycles. The highest BCUT2D eigenvalue weighted by molar-refractivity contribution is 6.20. The fourth-order valence-electron chi connectivity index (χ4n) is 3.03. The van der Waals surface area contributed by atoms with Crippen molar-refractivity contribution < 1.29 is 9.90 Å². The fourth-order valence-corrected chi connectivity index (χ4v) is 3.03. The summed E-state index contributed by atoms with van der Waals surface area (Å²) in [6.45, 7) is 0. The van der Waals surface area contributed by atoms with Crippen LogP contribution in [-0.2, 0) is 0 Å². The summed E-state index contributed by atoms with van der Waals surface area (Å²) in [5, 5.41) is 13.9. The monoisotopic (exact) mass is 298 g/mol. The summed E-state index contributed by atoms with van der Waals surface area (Å²) in [6.07, 6.45) is 0. The number of phenols is 1. The molecule has 0 saturated carbocycles. The zero-order valence-electron chi connectivity index (χ0n) is 12.4. The predicted molar refractivity (Wildman–Crippen MR) is 93.0 cm³/mol. The van der Waals surface area contributed by atoms with Crippen molar-refractivity contribution in [2.75, 3.05) is 0 Å². The van der Waals surface area contributed by atoms with Crippen LogP contribution in [0.15, 0.2) is 78.9 Å². The van der Waals surface area contributed by atoms with Crippen LogP contribution >= 0.6 is 0 Å². The SMILES string of the molecule is O=C(c1ccccc1)c1cccc2cc3ccccc3c(O)c12. The second kappa shape index (κ2) is 5.25. The van der Waals surface area contributed by atoms with E-state index in [-0.39, 0.29) is 11.5 Å². The van der Waals surface area contributed by atoms with Crippen LogP contribution in [0, 0.1) is 0 Å². The fraction of sp³-hybridized carbons (Fsp3) is 0. The van der Waals surface area contributed by atoms with Gasteiger partial charge >= 0.3 is 0 Å². The molecule has 0 aliphatic carbocycles. The van der Waals surface area contributed by atoms with Gasteiger partial charge in [-0.15, -0.1) is 0 Å². The third kappa shape index (κ3) is 2.16. The molecule has 0 atom stereocenters. The van der Waals surface area contributed by atoms with Crippen LogP contribution < -0.4 is 0 Å². The van der Waals surface area contributed by atoms with Crippen molar-refractivity contribution in [3.05, 3.63) is 90.0 Å². The molecular formula is C21H14O2. The molecule has 1 N–H and O–H groups in total. The smallest absolute Gasteiger partial charge is 0.193 e. The van der Waals surface area contributed by atoms with Crippen LogP contribution in [0.25, 0.3) is 21.5 Å². The zero-order valence-corrected chi connectivity index (χ0v) is 12.4. The van der Waals surface area contributed by atoms with Gasteiger partial charge in [-0.25, -0.2) is 0 Å². The van der Waals surface area contributed by atoms with Gasteiger partial charge in [0, 0.05) is 21.9 Å². The molecule has 0 heterocycles. The maximum Gasteiger partial charge on any atom is 0.193 e. The number of rotatable bonds is 2. The lowest BCUT2D eigenvalue weighted by molar-refractivity contribution is 0.104. The van der Waals surface area contributed by atoms with Gasteiger partial charge in [0.1, 0.15) is 5.75 Å². The quantitative estimate of drug-likeness (QED) is 0.421. The van der Waals surface area contributed by atoms with Crippen molar-refractivity contribution in [2.24, 2.45) is 0 Å². The zero-order chi connectivity index (χ0) is 15.8. The topological polar surface area (TPSA) is 37.3 Å². The van der Waals surface area contributed by atoms with Gasteiger partial charge in [-0.1, -0.05) is 72.8 Å². The first kappa shape index (κ1) is 13.5. The molecular weight excluding hydrogens is 284 g/mol. The number of phenolic OH excluding ortho intramolecular Hbond substituents is 1. The highest BCUT2D eigenvalue weighted by Gasteiger charge is 2.16. The third-order valence-electron chi connectivity index (χ3n) is 4.14. The lowest BCUT2D eigenvalue weighted by Crippen LogP contribution is -2.02. The molecule has 0 aliphatic heterocycles. The van der Waals surface area contributed by atoms with Crippen LogP contribution in [0.4, 0.5) is 0 Å². The van der Waals surface area contributed by atoms with E-state index < -0.39 is 0 Å². The van der Waals surface area contributed by atoms with Gasteiger partial charge in [-0.05, 0) is 16.8 Å². The van der Waals surface area contributed by atoms with Gasteiger partial charge in [-0.2, -0.15) is 0 Å². The summed E-state index contributed by atoms with van der Waals surface area (Å²) in [5.74, 6) is 0.0831. The summed E-state index contributed by atoms with van der Waals surface area (Å²) >= 11 is 0. The van der Waals surface area contributed by atoms with E-state index in [2.05, 4.69) is 0 Å². The number of ketones is 1. The molecule has 2 nitrogen and oxygen atoms in total. The van der Waals surface area contributed by atoms with Gasteiger partial charge in [0.2, 0.25) is 0 Å². The van der Waals surface area contributed by atoms with Gasteiger partial charge < -0.3 is 5.11 Å². The maximum atomic E-state index is 12.8.